The maximum atomic E-state index is 12.6. The summed E-state index contributed by atoms with van der Waals surface area (Å²) in [7, 11) is 0. The third-order valence-electron chi connectivity index (χ3n) is 3.51. The number of alkyl halides is 3. The highest BCUT2D eigenvalue weighted by atomic mass is 19.4. The molecule has 2 aromatic rings. The van der Waals surface area contributed by atoms with Crippen molar-refractivity contribution in [1.29, 1.82) is 0 Å². The number of carboxylic acid groups (broad SMARTS) is 2. The summed E-state index contributed by atoms with van der Waals surface area (Å²) in [6.07, 6.45) is -2.78. The van der Waals surface area contributed by atoms with Gasteiger partial charge in [0.25, 0.3) is 0 Å². The third kappa shape index (κ3) is 10.6. The molecule has 31 heavy (non-hydrogen) atoms. The summed E-state index contributed by atoms with van der Waals surface area (Å²) in [5, 5.41) is 19.7. The predicted molar refractivity (Wildman–Crippen MR) is 108 cm³/mol. The van der Waals surface area contributed by atoms with Crippen molar-refractivity contribution < 1.29 is 37.8 Å². The average Bonchev–Trinajstić information content (AvgIpc) is 2.72. The number of nitrogens with zero attached hydrogens (tertiary/aromatic N) is 1. The van der Waals surface area contributed by atoms with Gasteiger partial charge in [-0.15, -0.1) is 0 Å². The molecule has 0 aromatic heterocycles. The molecule has 10 heteroatoms. The standard InChI is InChI=1S/C17H17F3N2O.C4H4O4/c18-17(19,20)15-8-6-14(7-9-15)16(22-23-11-10-21)12-13-4-2-1-3-5-13;5-3(6)1-2-4(7)8/h1-9H,10-12,21H2;1-2H,(H,5,6)(H,7,8)/b22-16+;2-1-. The molecule has 0 heterocycles. The summed E-state index contributed by atoms with van der Waals surface area (Å²) in [5.41, 5.74) is 6.79. The van der Waals surface area contributed by atoms with Gasteiger partial charge in [-0.3, -0.25) is 0 Å². The van der Waals surface area contributed by atoms with Crippen LogP contribution in [-0.2, 0) is 27.0 Å². The zero-order valence-electron chi connectivity index (χ0n) is 16.2. The first-order valence-electron chi connectivity index (χ1n) is 8.88. The van der Waals surface area contributed by atoms with Crippen molar-refractivity contribution >= 4 is 17.7 Å². The maximum Gasteiger partial charge on any atom is 0.416 e. The molecule has 0 unspecified atom stereocenters. The minimum absolute atomic E-state index is 0.249. The Hall–Kier alpha value is -3.66. The SMILES string of the molecule is NCCO/N=C(\Cc1ccccc1)c1ccc(C(F)(F)F)cc1.O=C(O)/C=C\C(=O)O. The van der Waals surface area contributed by atoms with Gasteiger partial charge in [0.15, 0.2) is 0 Å². The van der Waals surface area contributed by atoms with Crippen LogP contribution in [0.25, 0.3) is 0 Å². The zero-order valence-corrected chi connectivity index (χ0v) is 16.2. The molecule has 0 saturated carbocycles. The van der Waals surface area contributed by atoms with Gasteiger partial charge >= 0.3 is 18.1 Å². The van der Waals surface area contributed by atoms with E-state index in [1.54, 1.807) is 0 Å². The van der Waals surface area contributed by atoms with Crippen LogP contribution in [0.15, 0.2) is 71.9 Å². The highest BCUT2D eigenvalue weighted by molar-refractivity contribution is 6.01. The van der Waals surface area contributed by atoms with E-state index in [2.05, 4.69) is 5.16 Å². The van der Waals surface area contributed by atoms with Gasteiger partial charge in [0, 0.05) is 25.1 Å². The minimum atomic E-state index is -4.36. The number of nitrogens with two attached hydrogens (primary N) is 1. The van der Waals surface area contributed by atoms with Crippen molar-refractivity contribution in [3.05, 3.63) is 83.4 Å². The Labute approximate surface area is 176 Å². The number of oxime groups is 1. The Kier molecular flexibility index (Phi) is 10.5. The van der Waals surface area contributed by atoms with E-state index in [9.17, 15) is 22.8 Å². The van der Waals surface area contributed by atoms with Crippen LogP contribution >= 0.6 is 0 Å². The number of carboxylic acids is 2. The Morgan fingerprint density at radius 2 is 1.52 bits per heavy atom. The van der Waals surface area contributed by atoms with Crippen LogP contribution in [0.2, 0.25) is 0 Å². The highest BCUT2D eigenvalue weighted by Crippen LogP contribution is 2.29. The first-order chi connectivity index (χ1) is 14.6. The summed E-state index contributed by atoms with van der Waals surface area (Å²) in [6.45, 7) is 0.564. The number of carbonyl (C=O) groups is 2. The van der Waals surface area contributed by atoms with Gasteiger partial charge in [-0.25, -0.2) is 9.59 Å². The lowest BCUT2D eigenvalue weighted by atomic mass is 10.0. The van der Waals surface area contributed by atoms with Gasteiger partial charge in [-0.05, 0) is 23.3 Å². The Morgan fingerprint density at radius 1 is 0.968 bits per heavy atom. The maximum absolute atomic E-state index is 12.6. The Morgan fingerprint density at radius 3 is 1.97 bits per heavy atom. The molecular formula is C21H21F3N2O5. The molecule has 166 valence electrons. The monoisotopic (exact) mass is 438 g/mol. The molecule has 0 fully saturated rings. The van der Waals surface area contributed by atoms with Gasteiger partial charge in [0.2, 0.25) is 0 Å². The first-order valence-corrected chi connectivity index (χ1v) is 8.88. The van der Waals surface area contributed by atoms with Crippen LogP contribution < -0.4 is 5.73 Å². The van der Waals surface area contributed by atoms with Crippen molar-refractivity contribution in [2.45, 2.75) is 12.6 Å². The van der Waals surface area contributed by atoms with E-state index in [0.717, 1.165) is 17.7 Å². The second kappa shape index (κ2) is 12.8. The molecular weight excluding hydrogens is 417 g/mol. The minimum Gasteiger partial charge on any atom is -0.478 e. The molecule has 0 spiro atoms. The molecule has 2 rings (SSSR count). The van der Waals surface area contributed by atoms with Crippen LogP contribution in [-0.4, -0.2) is 41.0 Å². The van der Waals surface area contributed by atoms with E-state index >= 15 is 0 Å². The number of hydrogen-bond donors (Lipinski definition) is 3. The predicted octanol–water partition coefficient (Wildman–Crippen LogP) is 3.34. The lowest BCUT2D eigenvalue weighted by Gasteiger charge is -2.10. The van der Waals surface area contributed by atoms with Crippen molar-refractivity contribution in [2.75, 3.05) is 13.2 Å². The number of hydrogen-bond acceptors (Lipinski definition) is 5. The van der Waals surface area contributed by atoms with Crippen LogP contribution in [0.3, 0.4) is 0 Å². The highest BCUT2D eigenvalue weighted by Gasteiger charge is 2.30. The fourth-order valence-electron chi connectivity index (χ4n) is 2.15. The van der Waals surface area contributed by atoms with Crippen molar-refractivity contribution in [1.82, 2.24) is 0 Å². The molecule has 0 aliphatic heterocycles. The lowest BCUT2D eigenvalue weighted by molar-refractivity contribution is -0.137. The van der Waals surface area contributed by atoms with Crippen LogP contribution in [0.5, 0.6) is 0 Å². The second-order valence-electron chi connectivity index (χ2n) is 5.91. The van der Waals surface area contributed by atoms with E-state index in [4.69, 9.17) is 20.8 Å². The van der Waals surface area contributed by atoms with Gasteiger partial charge in [-0.1, -0.05) is 47.6 Å². The molecule has 7 nitrogen and oxygen atoms in total. The summed E-state index contributed by atoms with van der Waals surface area (Å²) in [4.78, 5) is 24.2. The number of rotatable bonds is 8. The van der Waals surface area contributed by atoms with Gasteiger partial charge in [0.1, 0.15) is 6.61 Å². The molecule has 0 bridgehead atoms. The molecule has 0 aliphatic rings. The van der Waals surface area contributed by atoms with Crippen LogP contribution in [0.1, 0.15) is 16.7 Å². The smallest absolute Gasteiger partial charge is 0.416 e. The summed E-state index contributed by atoms with van der Waals surface area (Å²) < 4.78 is 37.9. The topological polar surface area (TPSA) is 122 Å². The number of halogens is 3. The van der Waals surface area contributed by atoms with Crippen LogP contribution in [0.4, 0.5) is 13.2 Å². The molecule has 0 saturated heterocycles. The van der Waals surface area contributed by atoms with Crippen LogP contribution in [0, 0.1) is 0 Å². The summed E-state index contributed by atoms with van der Waals surface area (Å²) in [5.74, 6) is -2.51. The first kappa shape index (κ1) is 25.4. The summed E-state index contributed by atoms with van der Waals surface area (Å²) >= 11 is 0. The van der Waals surface area contributed by atoms with Gasteiger partial charge < -0.3 is 20.8 Å². The summed E-state index contributed by atoms with van der Waals surface area (Å²) in [6, 6.07) is 14.4. The van der Waals surface area contributed by atoms with E-state index in [1.165, 1.54) is 12.1 Å². The van der Waals surface area contributed by atoms with Crippen molar-refractivity contribution in [3.63, 3.8) is 0 Å². The third-order valence-corrected chi connectivity index (χ3v) is 3.51. The van der Waals surface area contributed by atoms with Crippen molar-refractivity contribution in [2.24, 2.45) is 10.9 Å². The zero-order chi connectivity index (χ0) is 23.3. The largest absolute Gasteiger partial charge is 0.478 e. The fraction of sp³-hybridized carbons (Fsp3) is 0.190. The molecule has 0 aliphatic carbocycles. The second-order valence-corrected chi connectivity index (χ2v) is 5.91. The van der Waals surface area contributed by atoms with Crippen molar-refractivity contribution in [3.8, 4) is 0 Å². The molecule has 0 amide bonds. The van der Waals surface area contributed by atoms with Gasteiger partial charge in [-0.2, -0.15) is 13.2 Å². The molecule has 0 atom stereocenters. The number of aliphatic carboxylic acids is 2. The molecule has 2 aromatic carbocycles. The fourth-order valence-corrected chi connectivity index (χ4v) is 2.15. The Bertz CT molecular complexity index is 879. The average molecular weight is 438 g/mol. The normalized spacial score (nSPS) is 11.5. The van der Waals surface area contributed by atoms with E-state index < -0.39 is 23.7 Å². The van der Waals surface area contributed by atoms with Gasteiger partial charge in [0.05, 0.1) is 11.3 Å². The molecule has 4 N–H and O–H groups in total. The quantitative estimate of drug-likeness (QED) is 0.252. The Balaban J connectivity index is 0.000000512. The molecule has 0 radical (unpaired) electrons. The number of benzene rings is 2. The van der Waals surface area contributed by atoms with E-state index in [1.807, 2.05) is 30.3 Å². The van der Waals surface area contributed by atoms with E-state index in [-0.39, 0.29) is 6.61 Å². The lowest BCUT2D eigenvalue weighted by Crippen LogP contribution is -2.11. The van der Waals surface area contributed by atoms with E-state index in [0.29, 0.717) is 36.4 Å².